The molecule has 1 aliphatic rings. The van der Waals surface area contributed by atoms with Crippen LogP contribution >= 0.6 is 11.6 Å². The predicted molar refractivity (Wildman–Crippen MR) is 112 cm³/mol. The van der Waals surface area contributed by atoms with Gasteiger partial charge in [0.2, 0.25) is 0 Å². The highest BCUT2D eigenvalue weighted by atomic mass is 35.5. The summed E-state index contributed by atoms with van der Waals surface area (Å²) >= 11 is 5.92. The van der Waals surface area contributed by atoms with Crippen molar-refractivity contribution >= 4 is 29.1 Å². The van der Waals surface area contributed by atoms with E-state index in [9.17, 15) is 19.8 Å². The first-order chi connectivity index (χ1) is 14.5. The number of likely N-dealkylation sites (tertiary alicyclic amines) is 1. The Labute approximate surface area is 177 Å². The Morgan fingerprint density at radius 3 is 2.37 bits per heavy atom. The summed E-state index contributed by atoms with van der Waals surface area (Å²) < 4.78 is 0. The fourth-order valence-electron chi connectivity index (χ4n) is 3.50. The van der Waals surface area contributed by atoms with Gasteiger partial charge in [-0.2, -0.15) is 0 Å². The average molecular weight is 421 g/mol. The quantitative estimate of drug-likeness (QED) is 0.377. The van der Waals surface area contributed by atoms with Gasteiger partial charge in [-0.15, -0.1) is 0 Å². The van der Waals surface area contributed by atoms with Gasteiger partial charge in [0.15, 0.2) is 0 Å². The van der Waals surface area contributed by atoms with E-state index in [0.717, 1.165) is 5.56 Å². The van der Waals surface area contributed by atoms with E-state index in [1.807, 2.05) is 0 Å². The Kier molecular flexibility index (Phi) is 5.25. The van der Waals surface area contributed by atoms with Gasteiger partial charge in [-0.25, -0.2) is 0 Å². The van der Waals surface area contributed by atoms with Crippen LogP contribution in [0.25, 0.3) is 5.76 Å². The number of aromatic hydroxyl groups is 1. The van der Waals surface area contributed by atoms with Crippen molar-refractivity contribution in [1.29, 1.82) is 0 Å². The summed E-state index contributed by atoms with van der Waals surface area (Å²) in [5.74, 6) is -1.71. The number of benzene rings is 2. The second kappa shape index (κ2) is 8.00. The molecule has 0 spiro atoms. The second-order valence-corrected chi connectivity index (χ2v) is 7.32. The second-order valence-electron chi connectivity index (χ2n) is 6.89. The summed E-state index contributed by atoms with van der Waals surface area (Å²) in [5.41, 5.74) is 1.69. The van der Waals surface area contributed by atoms with E-state index < -0.39 is 17.7 Å². The fraction of sp³-hybridized carbons (Fsp3) is 0.0870. The number of aromatic nitrogens is 1. The molecule has 1 atom stereocenters. The third-order valence-electron chi connectivity index (χ3n) is 4.94. The van der Waals surface area contributed by atoms with Crippen LogP contribution in [0.3, 0.4) is 0 Å². The number of carbonyl (C=O) groups is 2. The van der Waals surface area contributed by atoms with Gasteiger partial charge >= 0.3 is 0 Å². The van der Waals surface area contributed by atoms with Crippen LogP contribution in [0.5, 0.6) is 5.75 Å². The lowest BCUT2D eigenvalue weighted by molar-refractivity contribution is -0.140. The van der Waals surface area contributed by atoms with Crippen LogP contribution in [0.1, 0.15) is 22.7 Å². The molecule has 0 bridgehead atoms. The Balaban J connectivity index is 1.85. The van der Waals surface area contributed by atoms with Crippen molar-refractivity contribution < 1.29 is 19.8 Å². The number of amides is 1. The molecule has 150 valence electrons. The highest BCUT2D eigenvalue weighted by Crippen LogP contribution is 2.40. The molecule has 1 aliphatic heterocycles. The van der Waals surface area contributed by atoms with Gasteiger partial charge in [0, 0.05) is 29.5 Å². The summed E-state index contributed by atoms with van der Waals surface area (Å²) in [7, 11) is 0. The lowest BCUT2D eigenvalue weighted by Crippen LogP contribution is -2.29. The molecule has 0 radical (unpaired) electrons. The number of Topliss-reactive ketones (excluding diaryl/α,β-unsaturated/α-hetero) is 1. The molecular weight excluding hydrogens is 404 g/mol. The zero-order valence-corrected chi connectivity index (χ0v) is 16.5. The van der Waals surface area contributed by atoms with Crippen molar-refractivity contribution in [2.24, 2.45) is 0 Å². The monoisotopic (exact) mass is 420 g/mol. The normalized spacial score (nSPS) is 18.0. The highest BCUT2D eigenvalue weighted by Gasteiger charge is 2.46. The summed E-state index contributed by atoms with van der Waals surface area (Å²) in [6.45, 7) is 0.140. The van der Waals surface area contributed by atoms with Crippen LogP contribution in [-0.2, 0) is 16.1 Å². The number of hydrogen-bond acceptors (Lipinski definition) is 5. The van der Waals surface area contributed by atoms with Crippen LogP contribution in [0.4, 0.5) is 0 Å². The van der Waals surface area contributed by atoms with Gasteiger partial charge < -0.3 is 15.1 Å². The summed E-state index contributed by atoms with van der Waals surface area (Å²) in [6.07, 6.45) is 3.24. The number of aliphatic hydroxyl groups is 1. The minimum absolute atomic E-state index is 0.0168. The van der Waals surface area contributed by atoms with Crippen molar-refractivity contribution in [3.05, 3.63) is 100 Å². The molecule has 7 heteroatoms. The van der Waals surface area contributed by atoms with Crippen molar-refractivity contribution in [2.75, 3.05) is 0 Å². The Morgan fingerprint density at radius 1 is 1.03 bits per heavy atom. The number of hydrogen-bond donors (Lipinski definition) is 2. The van der Waals surface area contributed by atoms with Crippen molar-refractivity contribution in [3.63, 3.8) is 0 Å². The van der Waals surface area contributed by atoms with Crippen LogP contribution in [-0.4, -0.2) is 31.8 Å². The number of phenols is 1. The first kappa shape index (κ1) is 19.7. The Hall–Kier alpha value is -3.64. The van der Waals surface area contributed by atoms with Crippen LogP contribution in [0.2, 0.25) is 5.02 Å². The number of halogens is 1. The number of pyridine rings is 1. The molecule has 30 heavy (non-hydrogen) atoms. The molecular formula is C23H17ClN2O4. The SMILES string of the molecule is O=C1C(=O)N(Cc2cccnc2)C(c2ccc(O)cc2)/C1=C(\O)c1ccc(Cl)cc1. The molecule has 2 aromatic carbocycles. The first-order valence-electron chi connectivity index (χ1n) is 9.18. The first-order valence-corrected chi connectivity index (χ1v) is 9.55. The van der Waals surface area contributed by atoms with E-state index in [-0.39, 0.29) is 23.6 Å². The topological polar surface area (TPSA) is 90.7 Å². The van der Waals surface area contributed by atoms with E-state index in [4.69, 9.17) is 11.6 Å². The lowest BCUT2D eigenvalue weighted by Gasteiger charge is -2.25. The molecule has 1 fully saturated rings. The van der Waals surface area contributed by atoms with Gasteiger partial charge in [0.1, 0.15) is 11.5 Å². The third-order valence-corrected chi connectivity index (χ3v) is 5.19. The molecule has 1 amide bonds. The molecule has 1 unspecified atom stereocenters. The van der Waals surface area contributed by atoms with Crippen molar-refractivity contribution in [2.45, 2.75) is 12.6 Å². The molecule has 2 heterocycles. The molecule has 4 rings (SSSR count). The Bertz CT molecular complexity index is 1130. The standard InChI is InChI=1S/C23H17ClN2O4/c24-17-7-3-16(4-8-17)21(28)19-20(15-5-9-18(27)10-6-15)26(23(30)22(19)29)13-14-2-1-11-25-12-14/h1-12,20,27-28H,13H2/b21-19+. The molecule has 6 nitrogen and oxygen atoms in total. The number of ketones is 1. The zero-order chi connectivity index (χ0) is 21.3. The van der Waals surface area contributed by atoms with E-state index in [2.05, 4.69) is 4.98 Å². The van der Waals surface area contributed by atoms with Crippen LogP contribution < -0.4 is 0 Å². The van der Waals surface area contributed by atoms with E-state index in [1.54, 1.807) is 60.9 Å². The van der Waals surface area contributed by atoms with Crippen molar-refractivity contribution in [3.8, 4) is 5.75 Å². The van der Waals surface area contributed by atoms with Gasteiger partial charge in [-0.05, 0) is 53.6 Å². The van der Waals surface area contributed by atoms with Crippen molar-refractivity contribution in [1.82, 2.24) is 9.88 Å². The van der Waals surface area contributed by atoms with Crippen LogP contribution in [0.15, 0.2) is 78.6 Å². The largest absolute Gasteiger partial charge is 0.508 e. The smallest absolute Gasteiger partial charge is 0.295 e. The molecule has 2 N–H and O–H groups in total. The molecule has 0 aliphatic carbocycles. The fourth-order valence-corrected chi connectivity index (χ4v) is 3.62. The number of carbonyl (C=O) groups excluding carboxylic acids is 2. The summed E-state index contributed by atoms with van der Waals surface area (Å²) in [5, 5.41) is 21.1. The maximum Gasteiger partial charge on any atom is 0.295 e. The van der Waals surface area contributed by atoms with E-state index >= 15 is 0 Å². The van der Waals surface area contributed by atoms with Gasteiger partial charge in [-0.1, -0.05) is 29.8 Å². The number of phenolic OH excluding ortho intramolecular Hbond substituents is 1. The van der Waals surface area contributed by atoms with Gasteiger partial charge in [0.25, 0.3) is 11.7 Å². The molecule has 3 aromatic rings. The minimum atomic E-state index is -0.818. The third kappa shape index (κ3) is 3.65. The predicted octanol–water partition coefficient (Wildman–Crippen LogP) is 4.06. The van der Waals surface area contributed by atoms with E-state index in [0.29, 0.717) is 16.1 Å². The number of rotatable bonds is 4. The average Bonchev–Trinajstić information content (AvgIpc) is 3.00. The highest BCUT2D eigenvalue weighted by molar-refractivity contribution is 6.46. The lowest BCUT2D eigenvalue weighted by atomic mass is 9.95. The van der Waals surface area contributed by atoms with Crippen LogP contribution in [0, 0.1) is 0 Å². The number of aliphatic hydroxyl groups excluding tert-OH is 1. The summed E-state index contributed by atoms with van der Waals surface area (Å²) in [4.78, 5) is 31.3. The van der Waals surface area contributed by atoms with Gasteiger partial charge in [-0.3, -0.25) is 14.6 Å². The van der Waals surface area contributed by atoms with Gasteiger partial charge in [0.05, 0.1) is 11.6 Å². The maximum atomic E-state index is 12.9. The minimum Gasteiger partial charge on any atom is -0.508 e. The molecule has 1 saturated heterocycles. The number of nitrogens with zero attached hydrogens (tertiary/aromatic N) is 2. The Morgan fingerprint density at radius 2 is 1.73 bits per heavy atom. The molecule has 0 saturated carbocycles. The zero-order valence-electron chi connectivity index (χ0n) is 15.7. The van der Waals surface area contributed by atoms with E-state index in [1.165, 1.54) is 17.0 Å². The molecule has 1 aromatic heterocycles. The maximum absolute atomic E-state index is 12.9. The summed E-state index contributed by atoms with van der Waals surface area (Å²) in [6, 6.07) is 15.3.